The molecule has 1 fully saturated rings. The van der Waals surface area contributed by atoms with Crippen molar-refractivity contribution in [2.75, 3.05) is 5.32 Å². The van der Waals surface area contributed by atoms with Gasteiger partial charge in [0.05, 0.1) is 6.04 Å². The monoisotopic (exact) mass is 301 g/mol. The lowest BCUT2D eigenvalue weighted by atomic mass is 10.0. The van der Waals surface area contributed by atoms with E-state index in [1.807, 2.05) is 6.07 Å². The van der Waals surface area contributed by atoms with Gasteiger partial charge in [-0.1, -0.05) is 13.8 Å². The van der Waals surface area contributed by atoms with Crippen LogP contribution in [-0.4, -0.2) is 23.9 Å². The van der Waals surface area contributed by atoms with Crippen LogP contribution in [0.4, 0.5) is 5.69 Å². The van der Waals surface area contributed by atoms with Crippen molar-refractivity contribution in [1.82, 2.24) is 5.32 Å². The highest BCUT2D eigenvalue weighted by Gasteiger charge is 2.40. The van der Waals surface area contributed by atoms with Gasteiger partial charge in [0, 0.05) is 17.3 Å². The molecule has 1 saturated carbocycles. The lowest BCUT2D eigenvalue weighted by molar-refractivity contribution is -0.117. The molecule has 0 aromatic heterocycles. The second kappa shape index (κ2) is 5.72. The summed E-state index contributed by atoms with van der Waals surface area (Å²) >= 11 is 0. The molecule has 3 rings (SSSR count). The van der Waals surface area contributed by atoms with Crippen molar-refractivity contribution in [3.05, 3.63) is 29.3 Å². The Morgan fingerprint density at radius 2 is 2.18 bits per heavy atom. The molecule has 0 bridgehead atoms. The first-order valence-corrected chi connectivity index (χ1v) is 7.96. The minimum atomic E-state index is -0.483. The number of nitrogens with two attached hydrogens (primary N) is 1. The molecule has 4 N–H and O–H groups in total. The molecule has 2 amide bonds. The van der Waals surface area contributed by atoms with Crippen molar-refractivity contribution in [3.8, 4) is 0 Å². The van der Waals surface area contributed by atoms with Gasteiger partial charge in [0.2, 0.25) is 5.91 Å². The molecule has 22 heavy (non-hydrogen) atoms. The highest BCUT2D eigenvalue weighted by Crippen LogP contribution is 2.37. The Morgan fingerprint density at radius 3 is 2.86 bits per heavy atom. The largest absolute Gasteiger partial charge is 0.349 e. The molecular formula is C17H23N3O2. The molecule has 1 aromatic rings. The van der Waals surface area contributed by atoms with Crippen LogP contribution >= 0.6 is 0 Å². The predicted molar refractivity (Wildman–Crippen MR) is 85.6 cm³/mol. The van der Waals surface area contributed by atoms with Crippen molar-refractivity contribution >= 4 is 17.5 Å². The summed E-state index contributed by atoms with van der Waals surface area (Å²) in [7, 11) is 0. The number of fused-ring (bicyclic) bond motifs is 1. The fraction of sp³-hybridized carbons (Fsp3) is 0.529. The number of hydrogen-bond acceptors (Lipinski definition) is 3. The first-order chi connectivity index (χ1) is 10.5. The van der Waals surface area contributed by atoms with Crippen LogP contribution in [0.5, 0.6) is 0 Å². The quantitative estimate of drug-likeness (QED) is 0.794. The number of benzene rings is 1. The normalized spacial score (nSPS) is 26.9. The van der Waals surface area contributed by atoms with Gasteiger partial charge in [-0.2, -0.15) is 0 Å². The van der Waals surface area contributed by atoms with Crippen molar-refractivity contribution in [1.29, 1.82) is 0 Å². The second-order valence-corrected chi connectivity index (χ2v) is 6.73. The van der Waals surface area contributed by atoms with Crippen LogP contribution in [0.1, 0.15) is 42.6 Å². The Morgan fingerprint density at radius 1 is 1.41 bits per heavy atom. The third-order valence-corrected chi connectivity index (χ3v) is 4.70. The van der Waals surface area contributed by atoms with E-state index in [-0.39, 0.29) is 11.8 Å². The summed E-state index contributed by atoms with van der Waals surface area (Å²) in [5.74, 6) is 1.01. The van der Waals surface area contributed by atoms with Crippen LogP contribution < -0.4 is 16.4 Å². The molecule has 5 nitrogen and oxygen atoms in total. The lowest BCUT2D eigenvalue weighted by Gasteiger charge is -2.10. The molecule has 5 heteroatoms. The van der Waals surface area contributed by atoms with Crippen molar-refractivity contribution in [2.45, 2.75) is 45.2 Å². The Kier molecular flexibility index (Phi) is 3.91. The van der Waals surface area contributed by atoms with E-state index in [0.29, 0.717) is 36.3 Å². The third kappa shape index (κ3) is 2.99. The van der Waals surface area contributed by atoms with E-state index in [0.717, 1.165) is 17.7 Å². The van der Waals surface area contributed by atoms with Crippen molar-refractivity contribution in [2.24, 2.45) is 17.6 Å². The average Bonchev–Trinajstić information content (AvgIpc) is 3.25. The van der Waals surface area contributed by atoms with E-state index >= 15 is 0 Å². The zero-order chi connectivity index (χ0) is 15.9. The summed E-state index contributed by atoms with van der Waals surface area (Å²) in [4.78, 5) is 24.1. The Hall–Kier alpha value is -1.88. The molecule has 3 atom stereocenters. The molecular weight excluding hydrogens is 278 g/mol. The SMILES string of the molecule is CC(C)[C@@H]1C[C@H]1NC(=O)c1ccc2c(c1)CCC(N)C(=O)N2. The molecule has 1 unspecified atom stereocenters. The molecule has 0 saturated heterocycles. The van der Waals surface area contributed by atoms with Gasteiger partial charge in [0.1, 0.15) is 0 Å². The summed E-state index contributed by atoms with van der Waals surface area (Å²) in [6.07, 6.45) is 2.37. The standard InChI is InChI=1S/C17H23N3O2/c1-9(2)12-8-15(12)20-16(21)11-4-6-14-10(7-11)3-5-13(18)17(22)19-14/h4,6-7,9,12-13,15H,3,5,8,18H2,1-2H3,(H,19,22)(H,20,21)/t12-,13?,15+/m0/s1. The zero-order valence-electron chi connectivity index (χ0n) is 13.1. The minimum Gasteiger partial charge on any atom is -0.349 e. The maximum absolute atomic E-state index is 12.3. The second-order valence-electron chi connectivity index (χ2n) is 6.73. The van der Waals surface area contributed by atoms with Gasteiger partial charge in [-0.25, -0.2) is 0 Å². The van der Waals surface area contributed by atoms with E-state index in [2.05, 4.69) is 24.5 Å². The van der Waals surface area contributed by atoms with Crippen LogP contribution in [0.25, 0.3) is 0 Å². The smallest absolute Gasteiger partial charge is 0.251 e. The van der Waals surface area contributed by atoms with Gasteiger partial charge in [-0.3, -0.25) is 9.59 Å². The highest BCUT2D eigenvalue weighted by molar-refractivity contribution is 5.98. The van der Waals surface area contributed by atoms with Crippen LogP contribution in [0.2, 0.25) is 0 Å². The van der Waals surface area contributed by atoms with E-state index in [1.54, 1.807) is 12.1 Å². The number of anilines is 1. The van der Waals surface area contributed by atoms with E-state index < -0.39 is 6.04 Å². The first-order valence-electron chi connectivity index (χ1n) is 7.96. The van der Waals surface area contributed by atoms with Gasteiger partial charge >= 0.3 is 0 Å². The van der Waals surface area contributed by atoms with E-state index in [4.69, 9.17) is 5.73 Å². The van der Waals surface area contributed by atoms with Gasteiger partial charge in [-0.15, -0.1) is 0 Å². The summed E-state index contributed by atoms with van der Waals surface area (Å²) in [6, 6.07) is 5.25. The fourth-order valence-corrected chi connectivity index (χ4v) is 3.10. The summed E-state index contributed by atoms with van der Waals surface area (Å²) in [6.45, 7) is 4.37. The first kappa shape index (κ1) is 15.0. The zero-order valence-corrected chi connectivity index (χ0v) is 13.1. The minimum absolute atomic E-state index is 0.0316. The number of hydrogen-bond donors (Lipinski definition) is 3. The Bertz CT molecular complexity index is 612. The number of rotatable bonds is 3. The van der Waals surface area contributed by atoms with Gasteiger partial charge in [-0.05, 0) is 54.9 Å². The predicted octanol–water partition coefficient (Wildman–Crippen LogP) is 1.67. The number of carbonyl (C=O) groups excluding carboxylic acids is 2. The van der Waals surface area contributed by atoms with Crippen LogP contribution in [-0.2, 0) is 11.2 Å². The van der Waals surface area contributed by atoms with Crippen LogP contribution in [0.3, 0.4) is 0 Å². The molecule has 1 heterocycles. The number of carbonyl (C=O) groups is 2. The number of aryl methyl sites for hydroxylation is 1. The summed E-state index contributed by atoms with van der Waals surface area (Å²) in [5, 5.41) is 5.91. The molecule has 118 valence electrons. The fourth-order valence-electron chi connectivity index (χ4n) is 3.10. The van der Waals surface area contributed by atoms with Crippen LogP contribution in [0.15, 0.2) is 18.2 Å². The van der Waals surface area contributed by atoms with Gasteiger partial charge in [0.25, 0.3) is 5.91 Å². The Balaban J connectivity index is 1.71. The molecule has 1 aromatic carbocycles. The maximum Gasteiger partial charge on any atom is 0.251 e. The number of amides is 2. The topological polar surface area (TPSA) is 84.2 Å². The van der Waals surface area contributed by atoms with Crippen molar-refractivity contribution < 1.29 is 9.59 Å². The van der Waals surface area contributed by atoms with Crippen molar-refractivity contribution in [3.63, 3.8) is 0 Å². The lowest BCUT2D eigenvalue weighted by Crippen LogP contribution is -2.34. The van der Waals surface area contributed by atoms with Gasteiger partial charge in [0.15, 0.2) is 0 Å². The highest BCUT2D eigenvalue weighted by atomic mass is 16.2. The van der Waals surface area contributed by atoms with E-state index in [9.17, 15) is 9.59 Å². The average molecular weight is 301 g/mol. The van der Waals surface area contributed by atoms with E-state index in [1.165, 1.54) is 0 Å². The van der Waals surface area contributed by atoms with Crippen LogP contribution in [0, 0.1) is 11.8 Å². The molecule has 1 aliphatic carbocycles. The summed E-state index contributed by atoms with van der Waals surface area (Å²) < 4.78 is 0. The maximum atomic E-state index is 12.3. The molecule has 2 aliphatic rings. The molecule has 1 aliphatic heterocycles. The van der Waals surface area contributed by atoms with Gasteiger partial charge < -0.3 is 16.4 Å². The summed E-state index contributed by atoms with van der Waals surface area (Å²) in [5.41, 5.74) is 8.17. The third-order valence-electron chi connectivity index (χ3n) is 4.70. The Labute approximate surface area is 130 Å². The molecule has 0 radical (unpaired) electrons. The molecule has 0 spiro atoms. The number of nitrogens with one attached hydrogen (secondary N) is 2.